The van der Waals surface area contributed by atoms with Crippen LogP contribution in [0.15, 0.2) is 0 Å². The number of carbonyl (C=O) groups excluding carboxylic acids is 1. The van der Waals surface area contributed by atoms with Gasteiger partial charge in [0, 0.05) is 19.4 Å². The summed E-state index contributed by atoms with van der Waals surface area (Å²) in [6.45, 7) is 14.5. The average molecular weight is 843 g/mol. The minimum Gasteiger partial charge on any atom is -0.481 e. The summed E-state index contributed by atoms with van der Waals surface area (Å²) in [5.74, 6) is -1.21. The van der Waals surface area contributed by atoms with Crippen molar-refractivity contribution in [3.8, 4) is 0 Å². The van der Waals surface area contributed by atoms with Gasteiger partial charge in [0.1, 0.15) is 6.61 Å². The Morgan fingerprint density at radius 2 is 0.534 bits per heavy atom. The summed E-state index contributed by atoms with van der Waals surface area (Å²) in [6.07, 6.45) is 14.6. The van der Waals surface area contributed by atoms with E-state index in [1.165, 1.54) is 57.8 Å². The molecule has 346 valence electrons. The standard InChI is InChI=1S/C42H82O16/c1-2-3-4-5-6-7-8-9-10-13-16-46-17-18-47-19-20-48-21-22-49-23-24-50-25-26-51-27-28-52-29-30-53-31-32-54-33-34-55-35-36-56-37-38-57-39-40-58-42(45)15-12-11-14-41(43)44/h2-40H2,1H3,(H,43,44). The highest BCUT2D eigenvalue weighted by molar-refractivity contribution is 5.69. The zero-order valence-electron chi connectivity index (χ0n) is 36.1. The predicted octanol–water partition coefficient (Wildman–Crippen LogP) is 5.29. The molecule has 0 radical (unpaired) electrons. The predicted molar refractivity (Wildman–Crippen MR) is 219 cm³/mol. The van der Waals surface area contributed by atoms with Crippen molar-refractivity contribution in [1.29, 1.82) is 0 Å². The first-order valence-electron chi connectivity index (χ1n) is 22.0. The number of rotatable bonds is 52. The van der Waals surface area contributed by atoms with Gasteiger partial charge in [0.05, 0.1) is 152 Å². The van der Waals surface area contributed by atoms with Gasteiger partial charge in [-0.05, 0) is 19.3 Å². The van der Waals surface area contributed by atoms with E-state index in [-0.39, 0.29) is 32.0 Å². The molecule has 0 saturated heterocycles. The topological polar surface area (TPSA) is 174 Å². The molecule has 0 saturated carbocycles. The highest BCUT2D eigenvalue weighted by Crippen LogP contribution is 2.10. The highest BCUT2D eigenvalue weighted by Gasteiger charge is 2.04. The summed E-state index contributed by atoms with van der Waals surface area (Å²) in [6, 6.07) is 0. The molecule has 58 heavy (non-hydrogen) atoms. The highest BCUT2D eigenvalue weighted by atomic mass is 16.6. The van der Waals surface area contributed by atoms with Gasteiger partial charge in [-0.3, -0.25) is 9.59 Å². The molecule has 1 N–H and O–H groups in total. The summed E-state index contributed by atoms with van der Waals surface area (Å²) in [5.41, 5.74) is 0. The number of unbranched alkanes of at least 4 members (excludes halogenated alkanes) is 10. The molecule has 0 aromatic rings. The monoisotopic (exact) mass is 843 g/mol. The van der Waals surface area contributed by atoms with Crippen LogP contribution in [0.4, 0.5) is 0 Å². The lowest BCUT2D eigenvalue weighted by Crippen LogP contribution is -2.15. The number of ether oxygens (including phenoxy) is 13. The molecule has 0 aliphatic heterocycles. The number of esters is 1. The van der Waals surface area contributed by atoms with Gasteiger partial charge in [-0.25, -0.2) is 0 Å². The summed E-state index contributed by atoms with van der Waals surface area (Å²) >= 11 is 0. The van der Waals surface area contributed by atoms with E-state index in [1.807, 2.05) is 0 Å². The van der Waals surface area contributed by atoms with Crippen LogP contribution >= 0.6 is 0 Å². The van der Waals surface area contributed by atoms with Crippen LogP contribution < -0.4 is 0 Å². The normalized spacial score (nSPS) is 11.5. The Labute approximate surface area is 349 Å². The molecule has 16 nitrogen and oxygen atoms in total. The van der Waals surface area contributed by atoms with E-state index in [1.54, 1.807) is 0 Å². The fourth-order valence-electron chi connectivity index (χ4n) is 5.04. The second-order valence-electron chi connectivity index (χ2n) is 13.4. The Morgan fingerprint density at radius 3 is 0.828 bits per heavy atom. The molecular formula is C42H82O16. The van der Waals surface area contributed by atoms with Crippen molar-refractivity contribution in [1.82, 2.24) is 0 Å². The van der Waals surface area contributed by atoms with E-state index in [9.17, 15) is 9.59 Å². The maximum atomic E-state index is 11.5. The molecule has 0 spiro atoms. The van der Waals surface area contributed by atoms with Crippen LogP contribution in [0, 0.1) is 0 Å². The lowest BCUT2D eigenvalue weighted by Gasteiger charge is -2.09. The third kappa shape index (κ3) is 52.5. The SMILES string of the molecule is CCCCCCCCCCCCOCCOCCOCCOCCOCCOCCOCCOCCOCCOCCOCCOCCOC(=O)CCCCC(=O)O. The molecular weight excluding hydrogens is 760 g/mol. The number of hydrogen-bond donors (Lipinski definition) is 1. The third-order valence-electron chi connectivity index (χ3n) is 8.25. The zero-order valence-corrected chi connectivity index (χ0v) is 36.1. The van der Waals surface area contributed by atoms with E-state index >= 15 is 0 Å². The lowest BCUT2D eigenvalue weighted by atomic mass is 10.1. The number of carboxylic acid groups (broad SMARTS) is 1. The third-order valence-corrected chi connectivity index (χ3v) is 8.25. The molecule has 0 amide bonds. The van der Waals surface area contributed by atoms with Gasteiger partial charge >= 0.3 is 11.9 Å². The van der Waals surface area contributed by atoms with Crippen LogP contribution in [0.1, 0.15) is 96.8 Å². The Kier molecular flexibility index (Phi) is 50.2. The number of carboxylic acids is 1. The zero-order chi connectivity index (χ0) is 41.9. The van der Waals surface area contributed by atoms with Crippen molar-refractivity contribution in [2.45, 2.75) is 96.8 Å². The first-order valence-corrected chi connectivity index (χ1v) is 22.0. The molecule has 0 rings (SSSR count). The molecule has 0 bridgehead atoms. The number of carbonyl (C=O) groups is 2. The van der Waals surface area contributed by atoms with Crippen LogP contribution in [0.25, 0.3) is 0 Å². The van der Waals surface area contributed by atoms with Crippen molar-refractivity contribution >= 4 is 11.9 Å². The summed E-state index contributed by atoms with van der Waals surface area (Å²) < 4.78 is 71.0. The fraction of sp³-hybridized carbons (Fsp3) is 0.952. The Morgan fingerprint density at radius 1 is 0.293 bits per heavy atom. The van der Waals surface area contributed by atoms with Crippen molar-refractivity contribution < 1.29 is 76.3 Å². The Hall–Kier alpha value is -1.54. The van der Waals surface area contributed by atoms with Crippen LogP contribution in [0.5, 0.6) is 0 Å². The molecule has 0 heterocycles. The minimum atomic E-state index is -0.863. The van der Waals surface area contributed by atoms with Gasteiger partial charge in [0.15, 0.2) is 0 Å². The molecule has 0 aliphatic rings. The van der Waals surface area contributed by atoms with Crippen molar-refractivity contribution in [2.24, 2.45) is 0 Å². The molecule has 0 aliphatic carbocycles. The smallest absolute Gasteiger partial charge is 0.305 e. The van der Waals surface area contributed by atoms with E-state index in [0.29, 0.717) is 158 Å². The van der Waals surface area contributed by atoms with Crippen LogP contribution in [0.3, 0.4) is 0 Å². The van der Waals surface area contributed by atoms with Gasteiger partial charge < -0.3 is 66.7 Å². The van der Waals surface area contributed by atoms with Crippen molar-refractivity contribution in [3.63, 3.8) is 0 Å². The lowest BCUT2D eigenvalue weighted by molar-refractivity contribution is -0.146. The quantitative estimate of drug-likeness (QED) is 0.0617. The number of aliphatic carboxylic acids is 1. The fourth-order valence-corrected chi connectivity index (χ4v) is 5.04. The Balaban J connectivity index is 3.09. The largest absolute Gasteiger partial charge is 0.481 e. The van der Waals surface area contributed by atoms with E-state index in [4.69, 9.17) is 66.7 Å². The van der Waals surface area contributed by atoms with Gasteiger partial charge in [0.25, 0.3) is 0 Å². The van der Waals surface area contributed by atoms with Crippen molar-refractivity contribution in [2.75, 3.05) is 165 Å². The first kappa shape index (κ1) is 56.5. The molecule has 0 aromatic carbocycles. The summed E-state index contributed by atoms with van der Waals surface area (Å²) in [4.78, 5) is 21.9. The van der Waals surface area contributed by atoms with E-state index in [0.717, 1.165) is 13.0 Å². The maximum absolute atomic E-state index is 11.5. The van der Waals surface area contributed by atoms with Gasteiger partial charge in [-0.15, -0.1) is 0 Å². The second kappa shape index (κ2) is 51.6. The average Bonchev–Trinajstić information content (AvgIpc) is 3.22. The Bertz CT molecular complexity index is 809. The number of hydrogen-bond acceptors (Lipinski definition) is 15. The molecule has 0 fully saturated rings. The molecule has 16 heteroatoms. The molecule has 0 atom stereocenters. The maximum Gasteiger partial charge on any atom is 0.305 e. The van der Waals surface area contributed by atoms with E-state index in [2.05, 4.69) is 6.92 Å². The molecule has 0 unspecified atom stereocenters. The molecule has 0 aromatic heterocycles. The minimum absolute atomic E-state index is 0.0596. The van der Waals surface area contributed by atoms with Gasteiger partial charge in [-0.2, -0.15) is 0 Å². The first-order chi connectivity index (χ1) is 28.7. The van der Waals surface area contributed by atoms with Crippen molar-refractivity contribution in [3.05, 3.63) is 0 Å². The van der Waals surface area contributed by atoms with Gasteiger partial charge in [0.2, 0.25) is 0 Å². The van der Waals surface area contributed by atoms with Crippen LogP contribution in [0.2, 0.25) is 0 Å². The van der Waals surface area contributed by atoms with Crippen LogP contribution in [-0.4, -0.2) is 182 Å². The summed E-state index contributed by atoms with van der Waals surface area (Å²) in [5, 5.41) is 8.56. The van der Waals surface area contributed by atoms with Crippen LogP contribution in [-0.2, 0) is 71.2 Å². The summed E-state index contributed by atoms with van der Waals surface area (Å²) in [7, 11) is 0. The van der Waals surface area contributed by atoms with E-state index < -0.39 is 5.97 Å². The second-order valence-corrected chi connectivity index (χ2v) is 13.4. The van der Waals surface area contributed by atoms with Gasteiger partial charge in [-0.1, -0.05) is 64.7 Å².